The molecule has 0 atom stereocenters. The number of hydrogen-bond acceptors (Lipinski definition) is 6. The third-order valence-electron chi connectivity index (χ3n) is 4.25. The first-order chi connectivity index (χ1) is 12.5. The Kier molecular flexibility index (Phi) is 3.89. The van der Waals surface area contributed by atoms with Crippen LogP contribution in [-0.2, 0) is 15.0 Å². The second-order valence-electron chi connectivity index (χ2n) is 5.87. The predicted molar refractivity (Wildman–Crippen MR) is 97.6 cm³/mol. The lowest BCUT2D eigenvalue weighted by atomic mass is 10.2. The van der Waals surface area contributed by atoms with E-state index in [-0.39, 0.29) is 5.91 Å². The zero-order chi connectivity index (χ0) is 18.3. The van der Waals surface area contributed by atoms with E-state index in [1.165, 1.54) is 18.4 Å². The SMILES string of the molecule is CNS(=O)(=O)Nc1cccc2c1[nH]c1ncnc(NN3CCCC3=O)c12. The van der Waals surface area contributed by atoms with Gasteiger partial charge in [0.25, 0.3) is 10.2 Å². The van der Waals surface area contributed by atoms with Crippen LogP contribution < -0.4 is 14.9 Å². The van der Waals surface area contributed by atoms with Gasteiger partial charge in [0.2, 0.25) is 5.91 Å². The van der Waals surface area contributed by atoms with Gasteiger partial charge in [0.05, 0.1) is 16.6 Å². The van der Waals surface area contributed by atoms with E-state index in [1.807, 2.05) is 6.07 Å². The summed E-state index contributed by atoms with van der Waals surface area (Å²) in [6.45, 7) is 0.611. The lowest BCUT2D eigenvalue weighted by Crippen LogP contribution is -2.31. The summed E-state index contributed by atoms with van der Waals surface area (Å²) in [5.41, 5.74) is 4.56. The summed E-state index contributed by atoms with van der Waals surface area (Å²) in [5, 5.41) is 2.97. The van der Waals surface area contributed by atoms with Crippen molar-refractivity contribution in [3.05, 3.63) is 24.5 Å². The zero-order valence-electron chi connectivity index (χ0n) is 13.9. The van der Waals surface area contributed by atoms with E-state index in [9.17, 15) is 13.2 Å². The molecule has 3 aromatic rings. The molecule has 1 fully saturated rings. The van der Waals surface area contributed by atoms with Crippen molar-refractivity contribution < 1.29 is 13.2 Å². The van der Waals surface area contributed by atoms with Gasteiger partial charge >= 0.3 is 0 Å². The van der Waals surface area contributed by atoms with Gasteiger partial charge in [-0.05, 0) is 12.5 Å². The average molecular weight is 375 g/mol. The number of aromatic amines is 1. The molecule has 1 aromatic carbocycles. The van der Waals surface area contributed by atoms with Crippen LogP contribution in [0.3, 0.4) is 0 Å². The maximum absolute atomic E-state index is 11.9. The number of benzene rings is 1. The van der Waals surface area contributed by atoms with Crippen molar-refractivity contribution in [1.29, 1.82) is 0 Å². The second-order valence-corrected chi connectivity index (χ2v) is 7.49. The van der Waals surface area contributed by atoms with Crippen LogP contribution in [0.15, 0.2) is 24.5 Å². The Morgan fingerprint density at radius 1 is 1.27 bits per heavy atom. The molecule has 1 aliphatic rings. The summed E-state index contributed by atoms with van der Waals surface area (Å²) >= 11 is 0. The monoisotopic (exact) mass is 375 g/mol. The van der Waals surface area contributed by atoms with Crippen LogP contribution in [0.5, 0.6) is 0 Å². The molecule has 2 aromatic heterocycles. The summed E-state index contributed by atoms with van der Waals surface area (Å²) in [4.78, 5) is 23.5. The normalized spacial score (nSPS) is 15.1. The molecule has 26 heavy (non-hydrogen) atoms. The summed E-state index contributed by atoms with van der Waals surface area (Å²) in [6.07, 6.45) is 2.69. The maximum Gasteiger partial charge on any atom is 0.298 e. The second kappa shape index (κ2) is 6.11. The van der Waals surface area contributed by atoms with E-state index >= 15 is 0 Å². The van der Waals surface area contributed by atoms with Gasteiger partial charge in [0.15, 0.2) is 5.82 Å². The number of hydrazine groups is 1. The predicted octanol–water partition coefficient (Wildman–Crippen LogP) is 0.936. The molecule has 1 aliphatic heterocycles. The van der Waals surface area contributed by atoms with Gasteiger partial charge in [-0.2, -0.15) is 8.42 Å². The van der Waals surface area contributed by atoms with Crippen molar-refractivity contribution in [2.24, 2.45) is 0 Å². The number of carbonyl (C=O) groups is 1. The van der Waals surface area contributed by atoms with Crippen molar-refractivity contribution in [3.63, 3.8) is 0 Å². The zero-order valence-corrected chi connectivity index (χ0v) is 14.7. The molecule has 0 aliphatic carbocycles. The lowest BCUT2D eigenvalue weighted by molar-refractivity contribution is -0.126. The van der Waals surface area contributed by atoms with Crippen molar-refractivity contribution in [2.75, 3.05) is 23.7 Å². The van der Waals surface area contributed by atoms with Crippen LogP contribution >= 0.6 is 0 Å². The molecule has 11 heteroatoms. The van der Waals surface area contributed by atoms with E-state index in [1.54, 1.807) is 12.1 Å². The molecular formula is C15H17N7O3S. The molecule has 0 bridgehead atoms. The average Bonchev–Trinajstić information content (AvgIpc) is 3.20. The fourth-order valence-electron chi connectivity index (χ4n) is 3.01. The topological polar surface area (TPSA) is 132 Å². The Bertz CT molecular complexity index is 1110. The van der Waals surface area contributed by atoms with Gasteiger partial charge in [-0.25, -0.2) is 14.7 Å². The molecule has 0 spiro atoms. The Morgan fingerprint density at radius 2 is 2.12 bits per heavy atom. The highest BCUT2D eigenvalue weighted by Crippen LogP contribution is 2.33. The number of hydrogen-bond donors (Lipinski definition) is 4. The van der Waals surface area contributed by atoms with Crippen LogP contribution in [0.2, 0.25) is 0 Å². The number of carbonyl (C=O) groups excluding carboxylic acids is 1. The van der Waals surface area contributed by atoms with Crippen LogP contribution in [0.1, 0.15) is 12.8 Å². The lowest BCUT2D eigenvalue weighted by Gasteiger charge is -2.17. The number of nitrogens with one attached hydrogen (secondary N) is 4. The van der Waals surface area contributed by atoms with Crippen molar-refractivity contribution >= 4 is 49.6 Å². The Labute approximate surface area is 149 Å². The highest BCUT2D eigenvalue weighted by molar-refractivity contribution is 7.90. The number of H-pyrrole nitrogens is 1. The van der Waals surface area contributed by atoms with Gasteiger partial charge in [-0.1, -0.05) is 12.1 Å². The van der Waals surface area contributed by atoms with Gasteiger partial charge in [0.1, 0.15) is 12.0 Å². The number of aromatic nitrogens is 3. The number of rotatable bonds is 5. The van der Waals surface area contributed by atoms with Crippen LogP contribution in [0, 0.1) is 0 Å². The molecule has 0 unspecified atom stereocenters. The minimum Gasteiger partial charge on any atom is -0.337 e. The van der Waals surface area contributed by atoms with E-state index in [0.29, 0.717) is 41.0 Å². The van der Waals surface area contributed by atoms with Gasteiger partial charge in [0, 0.05) is 25.4 Å². The quantitative estimate of drug-likeness (QED) is 0.525. The fraction of sp³-hybridized carbons (Fsp3) is 0.267. The number of anilines is 2. The number of para-hydroxylation sites is 1. The number of fused-ring (bicyclic) bond motifs is 3. The Balaban J connectivity index is 1.85. The summed E-state index contributed by atoms with van der Waals surface area (Å²) in [7, 11) is -2.33. The first-order valence-corrected chi connectivity index (χ1v) is 9.50. The van der Waals surface area contributed by atoms with Crippen LogP contribution in [0.25, 0.3) is 21.9 Å². The third kappa shape index (κ3) is 2.80. The van der Waals surface area contributed by atoms with Crippen LogP contribution in [-0.4, -0.2) is 47.9 Å². The molecular weight excluding hydrogens is 358 g/mol. The van der Waals surface area contributed by atoms with E-state index in [4.69, 9.17) is 0 Å². The van der Waals surface area contributed by atoms with E-state index in [0.717, 1.165) is 11.8 Å². The van der Waals surface area contributed by atoms with Gasteiger partial charge in [-0.15, -0.1) is 0 Å². The molecule has 136 valence electrons. The van der Waals surface area contributed by atoms with E-state index in [2.05, 4.69) is 29.8 Å². The minimum atomic E-state index is -3.66. The minimum absolute atomic E-state index is 0.0130. The molecule has 4 rings (SSSR count). The summed E-state index contributed by atoms with van der Waals surface area (Å²) in [5.74, 6) is 0.504. The molecule has 1 saturated heterocycles. The summed E-state index contributed by atoms with van der Waals surface area (Å²) in [6, 6.07) is 5.23. The standard InChI is InChI=1S/C15H17N7O3S/c1-16-26(24,25)21-10-5-2-4-9-12-14(19-13(9)10)17-8-18-15(12)20-22-7-3-6-11(22)23/h2,4-5,8,16,21H,3,6-7H2,1H3,(H2,17,18,19,20). The highest BCUT2D eigenvalue weighted by Gasteiger charge is 2.22. The Morgan fingerprint density at radius 3 is 2.85 bits per heavy atom. The summed E-state index contributed by atoms with van der Waals surface area (Å²) < 4.78 is 28.4. The molecule has 4 N–H and O–H groups in total. The Hall–Kier alpha value is -2.92. The van der Waals surface area contributed by atoms with E-state index < -0.39 is 10.2 Å². The molecule has 3 heterocycles. The largest absolute Gasteiger partial charge is 0.337 e. The van der Waals surface area contributed by atoms with Crippen LogP contribution in [0.4, 0.5) is 11.5 Å². The van der Waals surface area contributed by atoms with Gasteiger partial charge in [-0.3, -0.25) is 20.0 Å². The van der Waals surface area contributed by atoms with Crippen molar-refractivity contribution in [2.45, 2.75) is 12.8 Å². The highest BCUT2D eigenvalue weighted by atomic mass is 32.2. The first-order valence-electron chi connectivity index (χ1n) is 8.02. The van der Waals surface area contributed by atoms with Crippen molar-refractivity contribution in [3.8, 4) is 0 Å². The maximum atomic E-state index is 11.9. The number of nitrogens with zero attached hydrogens (tertiary/aromatic N) is 3. The molecule has 10 nitrogen and oxygen atoms in total. The smallest absolute Gasteiger partial charge is 0.298 e. The number of amides is 1. The third-order valence-corrected chi connectivity index (χ3v) is 5.28. The fourth-order valence-corrected chi connectivity index (χ4v) is 3.57. The molecule has 0 radical (unpaired) electrons. The first kappa shape index (κ1) is 16.5. The van der Waals surface area contributed by atoms with Gasteiger partial charge < -0.3 is 4.98 Å². The van der Waals surface area contributed by atoms with Crippen molar-refractivity contribution in [1.82, 2.24) is 24.7 Å². The molecule has 0 saturated carbocycles. The molecule has 1 amide bonds.